The Morgan fingerprint density at radius 3 is 2.71 bits per heavy atom. The van der Waals surface area contributed by atoms with E-state index in [0.717, 1.165) is 16.2 Å². The van der Waals surface area contributed by atoms with Gasteiger partial charge in [0.1, 0.15) is 10.6 Å². The maximum Gasteiger partial charge on any atom is 0.350 e. The lowest BCUT2D eigenvalue weighted by atomic mass is 10.3. The van der Waals surface area contributed by atoms with E-state index in [4.69, 9.17) is 4.42 Å². The number of carbonyl (C=O) groups is 2. The molecule has 0 aliphatic rings. The van der Waals surface area contributed by atoms with Crippen LogP contribution in [-0.2, 0) is 4.74 Å². The monoisotopic (exact) mass is 363 g/mol. The topological polar surface area (TPSA) is 94.3 Å². The summed E-state index contributed by atoms with van der Waals surface area (Å²) in [6, 6.07) is 3.55. The molecule has 3 heterocycles. The molecular formula is C15H13N3O4S2. The normalized spacial score (nSPS) is 10.6. The van der Waals surface area contributed by atoms with Crippen molar-refractivity contribution < 1.29 is 18.7 Å². The highest BCUT2D eigenvalue weighted by Gasteiger charge is 2.21. The van der Waals surface area contributed by atoms with Gasteiger partial charge in [-0.05, 0) is 26.0 Å². The molecule has 24 heavy (non-hydrogen) atoms. The Balaban J connectivity index is 1.82. The number of nitrogens with one attached hydrogen (secondary N) is 1. The molecule has 0 fully saturated rings. The molecule has 3 rings (SSSR count). The Kier molecular flexibility index (Phi) is 4.45. The fourth-order valence-electron chi connectivity index (χ4n) is 2.00. The summed E-state index contributed by atoms with van der Waals surface area (Å²) in [6.07, 6.45) is 1.55. The second-order valence-corrected chi connectivity index (χ2v) is 6.98. The van der Waals surface area contributed by atoms with Crippen molar-refractivity contribution in [2.75, 3.05) is 12.4 Å². The van der Waals surface area contributed by atoms with Gasteiger partial charge in [0.25, 0.3) is 5.91 Å². The third kappa shape index (κ3) is 3.08. The van der Waals surface area contributed by atoms with Gasteiger partial charge in [0, 0.05) is 4.88 Å². The summed E-state index contributed by atoms with van der Waals surface area (Å²) < 4.78 is 9.98. The highest BCUT2D eigenvalue weighted by atomic mass is 32.1. The molecule has 124 valence electrons. The van der Waals surface area contributed by atoms with Crippen LogP contribution < -0.4 is 5.32 Å². The average molecular weight is 363 g/mol. The Hall–Kier alpha value is -2.52. The molecule has 0 atom stereocenters. The van der Waals surface area contributed by atoms with Crippen LogP contribution in [0.1, 0.15) is 30.7 Å². The minimum atomic E-state index is -0.476. The van der Waals surface area contributed by atoms with E-state index in [9.17, 15) is 9.59 Å². The molecule has 0 saturated carbocycles. The van der Waals surface area contributed by atoms with Crippen molar-refractivity contribution in [3.05, 3.63) is 39.5 Å². The summed E-state index contributed by atoms with van der Waals surface area (Å²) >= 11 is 2.44. The lowest BCUT2D eigenvalue weighted by Crippen LogP contribution is -2.13. The highest BCUT2D eigenvalue weighted by Crippen LogP contribution is 2.29. The predicted molar refractivity (Wildman–Crippen MR) is 90.7 cm³/mol. The number of furan rings is 1. The molecule has 0 bridgehead atoms. The molecule has 0 aliphatic carbocycles. The number of nitrogens with zero attached hydrogens (tertiary/aromatic N) is 2. The Bertz CT molecular complexity index is 896. The summed E-state index contributed by atoms with van der Waals surface area (Å²) in [5, 5.41) is 3.63. The van der Waals surface area contributed by atoms with Gasteiger partial charge in [0.15, 0.2) is 15.9 Å². The van der Waals surface area contributed by atoms with E-state index in [1.807, 2.05) is 6.92 Å². The summed E-state index contributed by atoms with van der Waals surface area (Å²) in [4.78, 5) is 33.7. The van der Waals surface area contributed by atoms with Crippen LogP contribution in [0.2, 0.25) is 0 Å². The molecule has 3 aromatic rings. The Labute approximate surface area is 145 Å². The van der Waals surface area contributed by atoms with Crippen LogP contribution in [-0.4, -0.2) is 29.0 Å². The summed E-state index contributed by atoms with van der Waals surface area (Å²) in [5.74, 6) is -0.248. The molecule has 0 aromatic carbocycles. The number of methoxy groups -OCH3 is 1. The van der Waals surface area contributed by atoms with Gasteiger partial charge in [-0.3, -0.25) is 10.1 Å². The molecule has 0 aliphatic heterocycles. The molecule has 7 nitrogen and oxygen atoms in total. The number of aryl methyl sites for hydroxylation is 2. The number of rotatable bonds is 4. The van der Waals surface area contributed by atoms with E-state index in [1.54, 1.807) is 25.3 Å². The van der Waals surface area contributed by atoms with Crippen molar-refractivity contribution >= 4 is 39.7 Å². The van der Waals surface area contributed by atoms with E-state index in [-0.39, 0.29) is 5.91 Å². The minimum absolute atomic E-state index is 0.305. The zero-order valence-electron chi connectivity index (χ0n) is 13.1. The number of amides is 1. The second kappa shape index (κ2) is 6.54. The van der Waals surface area contributed by atoms with Crippen LogP contribution in [0.3, 0.4) is 0 Å². The molecule has 1 N–H and O–H groups in total. The smallest absolute Gasteiger partial charge is 0.350 e. The van der Waals surface area contributed by atoms with Gasteiger partial charge in [-0.2, -0.15) is 0 Å². The van der Waals surface area contributed by atoms with Crippen LogP contribution >= 0.6 is 22.7 Å². The summed E-state index contributed by atoms with van der Waals surface area (Å²) in [5.41, 5.74) is 0.812. The number of esters is 1. The Morgan fingerprint density at radius 2 is 2.04 bits per heavy atom. The van der Waals surface area contributed by atoms with Crippen molar-refractivity contribution in [3.8, 4) is 10.8 Å². The number of thiazole rings is 2. The Morgan fingerprint density at radius 1 is 1.25 bits per heavy atom. The van der Waals surface area contributed by atoms with Crippen LogP contribution in [0, 0.1) is 13.8 Å². The maximum absolute atomic E-state index is 12.4. The average Bonchev–Trinajstić information content (AvgIpc) is 3.26. The van der Waals surface area contributed by atoms with Gasteiger partial charge < -0.3 is 9.15 Å². The van der Waals surface area contributed by atoms with Crippen LogP contribution in [0.25, 0.3) is 10.8 Å². The number of hydrogen-bond donors (Lipinski definition) is 1. The summed E-state index contributed by atoms with van der Waals surface area (Å²) in [6.45, 7) is 3.49. The third-order valence-corrected chi connectivity index (χ3v) is 5.17. The van der Waals surface area contributed by atoms with Crippen molar-refractivity contribution in [3.63, 3.8) is 0 Å². The van der Waals surface area contributed by atoms with E-state index in [0.29, 0.717) is 32.2 Å². The van der Waals surface area contributed by atoms with Gasteiger partial charge >= 0.3 is 5.97 Å². The van der Waals surface area contributed by atoms with Gasteiger partial charge in [-0.25, -0.2) is 14.8 Å². The zero-order valence-corrected chi connectivity index (χ0v) is 14.7. The SMILES string of the molecule is COC(=O)c1sc(NC(=O)c2nc(-c3ccco3)sc2C)nc1C. The lowest BCUT2D eigenvalue weighted by molar-refractivity contribution is 0.0605. The maximum atomic E-state index is 12.4. The summed E-state index contributed by atoms with van der Waals surface area (Å²) in [7, 11) is 1.30. The number of anilines is 1. The van der Waals surface area contributed by atoms with Crippen molar-refractivity contribution in [1.82, 2.24) is 9.97 Å². The zero-order chi connectivity index (χ0) is 17.3. The van der Waals surface area contributed by atoms with Crippen LogP contribution in [0.4, 0.5) is 5.13 Å². The number of carbonyl (C=O) groups excluding carboxylic acids is 2. The molecule has 9 heteroatoms. The van der Waals surface area contributed by atoms with Gasteiger partial charge in [-0.1, -0.05) is 11.3 Å². The third-order valence-electron chi connectivity index (χ3n) is 3.13. The number of hydrogen-bond acceptors (Lipinski definition) is 8. The standard InChI is InChI=1S/C15H13N3O4S2/c1-7-11(14(20)21-3)24-15(16-7)18-12(19)10-8(2)23-13(17-10)9-5-4-6-22-9/h4-6H,1-3H3,(H,16,18,19). The molecule has 3 aromatic heterocycles. The quantitative estimate of drug-likeness (QED) is 0.713. The number of ether oxygens (including phenoxy) is 1. The van der Waals surface area contributed by atoms with Crippen molar-refractivity contribution in [2.24, 2.45) is 0 Å². The van der Waals surface area contributed by atoms with E-state index < -0.39 is 5.97 Å². The first-order valence-corrected chi connectivity index (χ1v) is 8.51. The number of aromatic nitrogens is 2. The molecular weight excluding hydrogens is 350 g/mol. The largest absolute Gasteiger partial charge is 0.465 e. The molecule has 0 saturated heterocycles. The second-order valence-electron chi connectivity index (χ2n) is 4.78. The lowest BCUT2D eigenvalue weighted by Gasteiger charge is -1.98. The van der Waals surface area contributed by atoms with Gasteiger partial charge in [0.2, 0.25) is 0 Å². The van der Waals surface area contributed by atoms with E-state index in [1.165, 1.54) is 18.4 Å². The van der Waals surface area contributed by atoms with Crippen LogP contribution in [0.5, 0.6) is 0 Å². The van der Waals surface area contributed by atoms with Crippen molar-refractivity contribution in [1.29, 1.82) is 0 Å². The molecule has 0 unspecified atom stereocenters. The highest BCUT2D eigenvalue weighted by molar-refractivity contribution is 7.17. The van der Waals surface area contributed by atoms with Crippen molar-refractivity contribution in [2.45, 2.75) is 13.8 Å². The fraction of sp³-hybridized carbons (Fsp3) is 0.200. The first kappa shape index (κ1) is 16.3. The fourth-order valence-corrected chi connectivity index (χ4v) is 3.76. The molecule has 0 radical (unpaired) electrons. The van der Waals surface area contributed by atoms with E-state index >= 15 is 0 Å². The van der Waals surface area contributed by atoms with E-state index in [2.05, 4.69) is 20.0 Å². The first-order valence-electron chi connectivity index (χ1n) is 6.88. The van der Waals surface area contributed by atoms with Gasteiger partial charge in [0.05, 0.1) is 19.1 Å². The molecule has 0 spiro atoms. The first-order chi connectivity index (χ1) is 11.5. The van der Waals surface area contributed by atoms with Crippen LogP contribution in [0.15, 0.2) is 22.8 Å². The molecule has 1 amide bonds. The minimum Gasteiger partial charge on any atom is -0.465 e. The predicted octanol–water partition coefficient (Wildman–Crippen LogP) is 3.52. The van der Waals surface area contributed by atoms with Gasteiger partial charge in [-0.15, -0.1) is 11.3 Å².